The Hall–Kier alpha value is -3.70. The van der Waals surface area contributed by atoms with Gasteiger partial charge in [-0.15, -0.1) is 0 Å². The maximum atomic E-state index is 12.9. The molecule has 0 saturated carbocycles. The standard InChI is InChI=1S/C21H18N4O5S2/c1-31(27,28)21-23-19(18-12-5-6-13-25(18)21)20(26)22-15-8-7-9-16(14-15)24-32(29,30)17-10-3-2-4-11-17/h2-14,24H,1H3,(H,22,26). The smallest absolute Gasteiger partial charge is 0.276 e. The number of anilines is 2. The summed E-state index contributed by atoms with van der Waals surface area (Å²) in [6.45, 7) is 0. The van der Waals surface area contributed by atoms with Gasteiger partial charge in [0.2, 0.25) is 15.0 Å². The van der Waals surface area contributed by atoms with E-state index in [1.54, 1.807) is 54.6 Å². The first-order chi connectivity index (χ1) is 15.1. The molecule has 2 N–H and O–H groups in total. The molecule has 1 amide bonds. The molecule has 0 aliphatic carbocycles. The summed E-state index contributed by atoms with van der Waals surface area (Å²) in [4.78, 5) is 17.0. The van der Waals surface area contributed by atoms with Gasteiger partial charge in [-0.25, -0.2) is 21.8 Å². The molecule has 2 aromatic heterocycles. The molecule has 164 valence electrons. The molecule has 0 aliphatic rings. The molecule has 4 rings (SSSR count). The van der Waals surface area contributed by atoms with E-state index in [-0.39, 0.29) is 21.4 Å². The highest BCUT2D eigenvalue weighted by Gasteiger charge is 2.23. The summed E-state index contributed by atoms with van der Waals surface area (Å²) in [5.74, 6) is -0.633. The molecule has 2 aromatic carbocycles. The molecular formula is C21H18N4O5S2. The Bertz CT molecular complexity index is 1530. The molecule has 0 spiro atoms. The molecule has 2 heterocycles. The van der Waals surface area contributed by atoms with Gasteiger partial charge in [-0.3, -0.25) is 13.9 Å². The number of hydrogen-bond donors (Lipinski definition) is 2. The lowest BCUT2D eigenvalue weighted by atomic mass is 10.2. The largest absolute Gasteiger partial charge is 0.321 e. The molecule has 0 radical (unpaired) electrons. The maximum absolute atomic E-state index is 12.9. The van der Waals surface area contributed by atoms with Gasteiger partial charge in [0.05, 0.1) is 16.1 Å². The Labute approximate surface area is 184 Å². The molecule has 0 aliphatic heterocycles. The van der Waals surface area contributed by atoms with E-state index < -0.39 is 25.8 Å². The number of carbonyl (C=O) groups is 1. The van der Waals surface area contributed by atoms with Crippen molar-refractivity contribution < 1.29 is 21.6 Å². The molecule has 32 heavy (non-hydrogen) atoms. The van der Waals surface area contributed by atoms with E-state index in [4.69, 9.17) is 0 Å². The van der Waals surface area contributed by atoms with Gasteiger partial charge in [0, 0.05) is 18.1 Å². The summed E-state index contributed by atoms with van der Waals surface area (Å²) >= 11 is 0. The summed E-state index contributed by atoms with van der Waals surface area (Å²) in [5, 5.41) is 2.39. The van der Waals surface area contributed by atoms with Crippen LogP contribution in [0.2, 0.25) is 0 Å². The van der Waals surface area contributed by atoms with Crippen molar-refractivity contribution in [3.05, 3.63) is 84.7 Å². The van der Waals surface area contributed by atoms with E-state index >= 15 is 0 Å². The molecule has 0 saturated heterocycles. The number of benzene rings is 2. The number of pyridine rings is 1. The highest BCUT2D eigenvalue weighted by Crippen LogP contribution is 2.22. The van der Waals surface area contributed by atoms with Gasteiger partial charge in [0.15, 0.2) is 5.69 Å². The van der Waals surface area contributed by atoms with Crippen molar-refractivity contribution in [1.29, 1.82) is 0 Å². The number of carbonyl (C=O) groups excluding carboxylic acids is 1. The van der Waals surface area contributed by atoms with Gasteiger partial charge in [-0.1, -0.05) is 30.3 Å². The molecule has 0 fully saturated rings. The highest BCUT2D eigenvalue weighted by molar-refractivity contribution is 7.92. The third kappa shape index (κ3) is 4.34. The van der Waals surface area contributed by atoms with E-state index in [1.165, 1.54) is 28.8 Å². The number of nitrogens with one attached hydrogen (secondary N) is 2. The average Bonchev–Trinajstić information content (AvgIpc) is 3.15. The Morgan fingerprint density at radius 1 is 0.875 bits per heavy atom. The average molecular weight is 471 g/mol. The molecule has 4 aromatic rings. The third-order valence-corrected chi connectivity index (χ3v) is 6.84. The highest BCUT2D eigenvalue weighted by atomic mass is 32.2. The van der Waals surface area contributed by atoms with Crippen molar-refractivity contribution in [3.63, 3.8) is 0 Å². The van der Waals surface area contributed by atoms with Crippen LogP contribution in [0.4, 0.5) is 11.4 Å². The maximum Gasteiger partial charge on any atom is 0.276 e. The van der Waals surface area contributed by atoms with E-state index in [2.05, 4.69) is 15.0 Å². The number of hydrogen-bond acceptors (Lipinski definition) is 6. The Kier molecular flexibility index (Phi) is 5.45. The molecular weight excluding hydrogens is 452 g/mol. The summed E-state index contributed by atoms with van der Waals surface area (Å²) < 4.78 is 53.0. The second-order valence-corrected chi connectivity index (χ2v) is 10.5. The summed E-state index contributed by atoms with van der Waals surface area (Å²) in [7, 11) is -7.47. The fourth-order valence-electron chi connectivity index (χ4n) is 3.10. The molecule has 0 atom stereocenters. The molecule has 0 unspecified atom stereocenters. The summed E-state index contributed by atoms with van der Waals surface area (Å²) in [6, 6.07) is 18.9. The lowest BCUT2D eigenvalue weighted by Gasteiger charge is -2.10. The van der Waals surface area contributed by atoms with Crippen LogP contribution in [0.25, 0.3) is 5.52 Å². The second kappa shape index (κ2) is 8.09. The lowest BCUT2D eigenvalue weighted by molar-refractivity contribution is 0.102. The number of nitrogens with zero attached hydrogens (tertiary/aromatic N) is 2. The van der Waals surface area contributed by atoms with Crippen molar-refractivity contribution in [1.82, 2.24) is 9.38 Å². The molecule has 11 heteroatoms. The summed E-state index contributed by atoms with van der Waals surface area (Å²) in [6.07, 6.45) is 2.52. The van der Waals surface area contributed by atoms with Crippen molar-refractivity contribution in [3.8, 4) is 0 Å². The predicted octanol–water partition coefficient (Wildman–Crippen LogP) is 2.79. The SMILES string of the molecule is CS(=O)(=O)c1nc(C(=O)Nc2cccc(NS(=O)(=O)c3ccccc3)c2)c2ccccn12. The van der Waals surface area contributed by atoms with Crippen molar-refractivity contribution in [2.75, 3.05) is 16.3 Å². The monoisotopic (exact) mass is 470 g/mol. The Balaban J connectivity index is 1.62. The van der Waals surface area contributed by atoms with Crippen LogP contribution >= 0.6 is 0 Å². The zero-order valence-electron chi connectivity index (χ0n) is 16.8. The first-order valence-corrected chi connectivity index (χ1v) is 12.7. The lowest BCUT2D eigenvalue weighted by Crippen LogP contribution is -2.15. The van der Waals surface area contributed by atoms with Crippen LogP contribution < -0.4 is 10.0 Å². The zero-order valence-corrected chi connectivity index (χ0v) is 18.4. The van der Waals surface area contributed by atoms with Gasteiger partial charge in [-0.05, 0) is 42.5 Å². The third-order valence-electron chi connectivity index (χ3n) is 4.49. The minimum absolute atomic E-state index is 0.0682. The van der Waals surface area contributed by atoms with Gasteiger partial charge in [-0.2, -0.15) is 0 Å². The number of sulfonamides is 1. The van der Waals surface area contributed by atoms with Gasteiger partial charge in [0.1, 0.15) is 0 Å². The van der Waals surface area contributed by atoms with E-state index in [9.17, 15) is 21.6 Å². The normalized spacial score (nSPS) is 11.9. The first-order valence-electron chi connectivity index (χ1n) is 9.31. The van der Waals surface area contributed by atoms with Crippen molar-refractivity contribution >= 4 is 42.7 Å². The number of aromatic nitrogens is 2. The topological polar surface area (TPSA) is 127 Å². The zero-order chi connectivity index (χ0) is 22.9. The minimum atomic E-state index is -3.80. The molecule has 0 bridgehead atoms. The fraction of sp³-hybridized carbons (Fsp3) is 0.0476. The minimum Gasteiger partial charge on any atom is -0.321 e. The van der Waals surface area contributed by atoms with Gasteiger partial charge in [0.25, 0.3) is 15.9 Å². The van der Waals surface area contributed by atoms with Gasteiger partial charge >= 0.3 is 0 Å². The van der Waals surface area contributed by atoms with Crippen LogP contribution in [0.15, 0.2) is 89.0 Å². The first kappa shape index (κ1) is 21.5. The van der Waals surface area contributed by atoms with Crippen LogP contribution in [0.3, 0.4) is 0 Å². The van der Waals surface area contributed by atoms with E-state index in [1.807, 2.05) is 0 Å². The van der Waals surface area contributed by atoms with E-state index in [0.717, 1.165) is 6.26 Å². The second-order valence-electron chi connectivity index (χ2n) is 6.92. The number of sulfone groups is 1. The van der Waals surface area contributed by atoms with Crippen LogP contribution in [-0.2, 0) is 19.9 Å². The number of imidazole rings is 1. The van der Waals surface area contributed by atoms with Gasteiger partial charge < -0.3 is 5.32 Å². The predicted molar refractivity (Wildman–Crippen MR) is 120 cm³/mol. The molecule has 9 nitrogen and oxygen atoms in total. The van der Waals surface area contributed by atoms with Crippen molar-refractivity contribution in [2.45, 2.75) is 10.1 Å². The van der Waals surface area contributed by atoms with Crippen molar-refractivity contribution in [2.24, 2.45) is 0 Å². The number of amides is 1. The number of rotatable bonds is 6. The fourth-order valence-corrected chi connectivity index (χ4v) is 4.95. The Morgan fingerprint density at radius 3 is 2.28 bits per heavy atom. The van der Waals surface area contributed by atoms with Crippen LogP contribution in [0.5, 0.6) is 0 Å². The quantitative estimate of drug-likeness (QED) is 0.446. The van der Waals surface area contributed by atoms with Crippen LogP contribution in [-0.4, -0.2) is 38.4 Å². The number of fused-ring (bicyclic) bond motifs is 1. The van der Waals surface area contributed by atoms with Crippen LogP contribution in [0.1, 0.15) is 10.5 Å². The van der Waals surface area contributed by atoms with Crippen LogP contribution in [0, 0.1) is 0 Å². The summed E-state index contributed by atoms with van der Waals surface area (Å²) in [5.41, 5.74) is 0.812. The van der Waals surface area contributed by atoms with E-state index in [0.29, 0.717) is 11.2 Å². The Morgan fingerprint density at radius 2 is 1.56 bits per heavy atom.